The summed E-state index contributed by atoms with van der Waals surface area (Å²) in [6, 6.07) is 9.56. The van der Waals surface area contributed by atoms with E-state index in [2.05, 4.69) is 10.6 Å². The van der Waals surface area contributed by atoms with E-state index in [1.54, 1.807) is 6.92 Å². The van der Waals surface area contributed by atoms with Crippen LogP contribution in [0, 0.1) is 10.1 Å². The molecule has 2 rings (SSSR count). The topological polar surface area (TPSA) is 129 Å². The van der Waals surface area contributed by atoms with Crippen molar-refractivity contribution in [1.82, 2.24) is 5.32 Å². The molecule has 0 unspecified atom stereocenters. The SMILES string of the molecule is CCNc1ccc(C(=O)OCC(=O)NCCc2ccc(OCC)c(OCC)c2)cc1[N+](=O)[O-]. The lowest BCUT2D eigenvalue weighted by atomic mass is 10.1. The predicted molar refractivity (Wildman–Crippen MR) is 123 cm³/mol. The zero-order valence-electron chi connectivity index (χ0n) is 19.0. The summed E-state index contributed by atoms with van der Waals surface area (Å²) in [5.41, 5.74) is 1.01. The highest BCUT2D eigenvalue weighted by Crippen LogP contribution is 2.28. The first kappa shape index (κ1) is 25.4. The molecular weight excluding hydrogens is 430 g/mol. The number of amides is 1. The number of nitro benzene ring substituents is 1. The maximum atomic E-state index is 12.2. The first-order valence-corrected chi connectivity index (χ1v) is 10.7. The van der Waals surface area contributed by atoms with Crippen molar-refractivity contribution in [2.45, 2.75) is 27.2 Å². The van der Waals surface area contributed by atoms with E-state index in [0.717, 1.165) is 11.6 Å². The van der Waals surface area contributed by atoms with Gasteiger partial charge in [0, 0.05) is 19.2 Å². The van der Waals surface area contributed by atoms with E-state index in [4.69, 9.17) is 14.2 Å². The standard InChI is InChI=1S/C23H29N3O7/c1-4-24-18-9-8-17(14-19(18)26(29)30)23(28)33-15-22(27)25-12-11-16-7-10-20(31-5-2)21(13-16)32-6-3/h7-10,13-14,24H,4-6,11-12,15H2,1-3H3,(H,25,27). The molecule has 0 spiro atoms. The van der Waals surface area contributed by atoms with Crippen LogP contribution < -0.4 is 20.1 Å². The minimum Gasteiger partial charge on any atom is -0.490 e. The van der Waals surface area contributed by atoms with Crippen LogP contribution >= 0.6 is 0 Å². The number of esters is 1. The van der Waals surface area contributed by atoms with Gasteiger partial charge < -0.3 is 24.8 Å². The van der Waals surface area contributed by atoms with Gasteiger partial charge in [0.1, 0.15) is 5.69 Å². The molecule has 178 valence electrons. The third-order valence-electron chi connectivity index (χ3n) is 4.48. The molecule has 33 heavy (non-hydrogen) atoms. The average Bonchev–Trinajstić information content (AvgIpc) is 2.79. The van der Waals surface area contributed by atoms with Crippen LogP contribution in [0.5, 0.6) is 11.5 Å². The molecule has 1 amide bonds. The Hall–Kier alpha value is -3.82. The number of rotatable bonds is 13. The van der Waals surface area contributed by atoms with E-state index in [1.807, 2.05) is 32.0 Å². The van der Waals surface area contributed by atoms with Crippen molar-refractivity contribution in [2.75, 3.05) is 38.2 Å². The molecule has 0 aliphatic heterocycles. The number of carbonyl (C=O) groups is 2. The second-order valence-electron chi connectivity index (χ2n) is 6.84. The Bertz CT molecular complexity index is 979. The van der Waals surface area contributed by atoms with Crippen LogP contribution in [0.3, 0.4) is 0 Å². The lowest BCUT2D eigenvalue weighted by Crippen LogP contribution is -2.30. The highest BCUT2D eigenvalue weighted by molar-refractivity contribution is 5.93. The Balaban J connectivity index is 1.86. The summed E-state index contributed by atoms with van der Waals surface area (Å²) in [6.45, 7) is 6.96. The summed E-state index contributed by atoms with van der Waals surface area (Å²) in [5.74, 6) is 0.0198. The van der Waals surface area contributed by atoms with Gasteiger partial charge in [0.15, 0.2) is 18.1 Å². The molecule has 0 aliphatic rings. The van der Waals surface area contributed by atoms with Crippen LogP contribution in [0.1, 0.15) is 36.7 Å². The number of benzene rings is 2. The molecule has 0 atom stereocenters. The van der Waals surface area contributed by atoms with Gasteiger partial charge in [-0.25, -0.2) is 4.79 Å². The number of nitrogens with zero attached hydrogens (tertiary/aromatic N) is 1. The van der Waals surface area contributed by atoms with Gasteiger partial charge in [0.05, 0.1) is 23.7 Å². The Kier molecular flexibility index (Phi) is 9.94. The van der Waals surface area contributed by atoms with Gasteiger partial charge in [-0.15, -0.1) is 0 Å². The lowest BCUT2D eigenvalue weighted by molar-refractivity contribution is -0.384. The van der Waals surface area contributed by atoms with Crippen LogP contribution in [0.2, 0.25) is 0 Å². The number of nitro groups is 1. The molecule has 0 saturated carbocycles. The summed E-state index contributed by atoms with van der Waals surface area (Å²) in [4.78, 5) is 34.9. The smallest absolute Gasteiger partial charge is 0.338 e. The van der Waals surface area contributed by atoms with Crippen LogP contribution in [-0.2, 0) is 16.0 Å². The second kappa shape index (κ2) is 12.9. The zero-order valence-corrected chi connectivity index (χ0v) is 19.0. The maximum absolute atomic E-state index is 12.2. The van der Waals surface area contributed by atoms with Gasteiger partial charge >= 0.3 is 5.97 Å². The molecule has 2 N–H and O–H groups in total. The summed E-state index contributed by atoms with van der Waals surface area (Å²) in [6.07, 6.45) is 0.546. The van der Waals surface area contributed by atoms with Crippen molar-refractivity contribution in [3.05, 3.63) is 57.6 Å². The summed E-state index contributed by atoms with van der Waals surface area (Å²) in [5, 5.41) is 16.8. The number of hydrogen-bond acceptors (Lipinski definition) is 8. The lowest BCUT2D eigenvalue weighted by Gasteiger charge is -2.12. The number of nitrogens with one attached hydrogen (secondary N) is 2. The molecule has 10 heteroatoms. The Morgan fingerprint density at radius 3 is 2.39 bits per heavy atom. The number of anilines is 1. The van der Waals surface area contributed by atoms with Crippen molar-refractivity contribution >= 4 is 23.3 Å². The van der Waals surface area contributed by atoms with Gasteiger partial charge in [-0.05, 0) is 57.0 Å². The van der Waals surface area contributed by atoms with Gasteiger partial charge in [-0.3, -0.25) is 14.9 Å². The van der Waals surface area contributed by atoms with Crippen LogP contribution in [0.15, 0.2) is 36.4 Å². The van der Waals surface area contributed by atoms with Gasteiger partial charge in [0.25, 0.3) is 11.6 Å². The highest BCUT2D eigenvalue weighted by atomic mass is 16.6. The summed E-state index contributed by atoms with van der Waals surface area (Å²) < 4.78 is 16.1. The quantitative estimate of drug-likeness (QED) is 0.265. The molecule has 10 nitrogen and oxygen atoms in total. The molecule has 0 aromatic heterocycles. The van der Waals surface area contributed by atoms with Crippen molar-refractivity contribution in [3.63, 3.8) is 0 Å². The van der Waals surface area contributed by atoms with Crippen molar-refractivity contribution in [2.24, 2.45) is 0 Å². The van der Waals surface area contributed by atoms with Crippen LogP contribution in [0.25, 0.3) is 0 Å². The normalized spacial score (nSPS) is 10.3. The number of ether oxygens (including phenoxy) is 3. The van der Waals surface area contributed by atoms with E-state index in [1.165, 1.54) is 12.1 Å². The van der Waals surface area contributed by atoms with Crippen molar-refractivity contribution in [3.8, 4) is 11.5 Å². The molecule has 0 bridgehead atoms. The Morgan fingerprint density at radius 1 is 1.00 bits per heavy atom. The second-order valence-corrected chi connectivity index (χ2v) is 6.84. The Labute approximate surface area is 192 Å². The monoisotopic (exact) mass is 459 g/mol. The number of carbonyl (C=O) groups excluding carboxylic acids is 2. The third kappa shape index (κ3) is 7.67. The fourth-order valence-electron chi connectivity index (χ4n) is 3.01. The summed E-state index contributed by atoms with van der Waals surface area (Å²) in [7, 11) is 0. The first-order chi connectivity index (χ1) is 15.9. The largest absolute Gasteiger partial charge is 0.490 e. The molecule has 0 aliphatic carbocycles. The van der Waals surface area contributed by atoms with Crippen LogP contribution in [0.4, 0.5) is 11.4 Å². The molecule has 2 aromatic carbocycles. The molecule has 0 radical (unpaired) electrons. The van der Waals surface area contributed by atoms with E-state index in [-0.39, 0.29) is 11.3 Å². The molecule has 0 saturated heterocycles. The third-order valence-corrected chi connectivity index (χ3v) is 4.48. The summed E-state index contributed by atoms with van der Waals surface area (Å²) >= 11 is 0. The molecular formula is C23H29N3O7. The van der Waals surface area contributed by atoms with Crippen molar-refractivity contribution < 1.29 is 28.7 Å². The molecule has 0 heterocycles. The number of hydrogen-bond donors (Lipinski definition) is 2. The van der Waals surface area contributed by atoms with Gasteiger partial charge in [0.2, 0.25) is 0 Å². The minimum atomic E-state index is -0.816. The van der Waals surface area contributed by atoms with Gasteiger partial charge in [-0.1, -0.05) is 6.07 Å². The first-order valence-electron chi connectivity index (χ1n) is 10.7. The highest BCUT2D eigenvalue weighted by Gasteiger charge is 2.18. The molecule has 2 aromatic rings. The van der Waals surface area contributed by atoms with E-state index >= 15 is 0 Å². The molecule has 0 fully saturated rings. The van der Waals surface area contributed by atoms with Crippen LogP contribution in [-0.4, -0.2) is 49.7 Å². The minimum absolute atomic E-state index is 0.00556. The van der Waals surface area contributed by atoms with Gasteiger partial charge in [-0.2, -0.15) is 0 Å². The fourth-order valence-corrected chi connectivity index (χ4v) is 3.01. The Morgan fingerprint density at radius 2 is 1.73 bits per heavy atom. The van der Waals surface area contributed by atoms with E-state index < -0.39 is 23.4 Å². The average molecular weight is 459 g/mol. The predicted octanol–water partition coefficient (Wildman–Crippen LogP) is 3.34. The fraction of sp³-hybridized carbons (Fsp3) is 0.391. The zero-order chi connectivity index (χ0) is 24.2. The van der Waals surface area contributed by atoms with E-state index in [9.17, 15) is 19.7 Å². The van der Waals surface area contributed by atoms with E-state index in [0.29, 0.717) is 49.9 Å². The maximum Gasteiger partial charge on any atom is 0.338 e. The van der Waals surface area contributed by atoms with Crippen molar-refractivity contribution in [1.29, 1.82) is 0 Å².